The number of cyclic esters (lactones) is 1. The molecule has 4 heteroatoms. The standard InChI is InChI=1S/C13H14O4/c1-7-8-4-3-5-9(8)16-12(7)13-10(15-2)6-11(14)17-13/h3-4,6-9H,5H2,1-2H3/b13-12-/t7-,8-,9-/m0/s1. The van der Waals surface area contributed by atoms with E-state index >= 15 is 0 Å². The Hall–Kier alpha value is -1.71. The largest absolute Gasteiger partial charge is 0.492 e. The number of ether oxygens (including phenoxy) is 3. The Morgan fingerprint density at radius 1 is 1.47 bits per heavy atom. The zero-order chi connectivity index (χ0) is 12.0. The minimum absolute atomic E-state index is 0.185. The van der Waals surface area contributed by atoms with E-state index in [-0.39, 0.29) is 12.0 Å². The van der Waals surface area contributed by atoms with Gasteiger partial charge in [-0.05, 0) is 0 Å². The highest BCUT2D eigenvalue weighted by Gasteiger charge is 2.43. The van der Waals surface area contributed by atoms with Gasteiger partial charge in [-0.25, -0.2) is 4.79 Å². The Morgan fingerprint density at radius 2 is 2.29 bits per heavy atom. The highest BCUT2D eigenvalue weighted by atomic mass is 16.6. The van der Waals surface area contributed by atoms with Crippen LogP contribution in [0.4, 0.5) is 0 Å². The van der Waals surface area contributed by atoms with Crippen LogP contribution >= 0.6 is 0 Å². The number of methoxy groups -OCH3 is 1. The van der Waals surface area contributed by atoms with Crippen molar-refractivity contribution >= 4 is 5.97 Å². The number of carbonyl (C=O) groups excluding carboxylic acids is 1. The van der Waals surface area contributed by atoms with Gasteiger partial charge in [0.1, 0.15) is 11.9 Å². The van der Waals surface area contributed by atoms with E-state index in [4.69, 9.17) is 14.2 Å². The summed E-state index contributed by atoms with van der Waals surface area (Å²) in [5.41, 5.74) is 0. The lowest BCUT2D eigenvalue weighted by Crippen LogP contribution is -2.11. The number of carbonyl (C=O) groups is 1. The highest BCUT2D eigenvalue weighted by Crippen LogP contribution is 2.44. The SMILES string of the molecule is COC1=CC(=O)O/C1=C1\O[C@H]2CC=C[C@H]2[C@@H]1C. The second kappa shape index (κ2) is 3.65. The van der Waals surface area contributed by atoms with Gasteiger partial charge < -0.3 is 14.2 Å². The fourth-order valence-electron chi connectivity index (χ4n) is 2.65. The van der Waals surface area contributed by atoms with Crippen LogP contribution in [-0.2, 0) is 19.0 Å². The molecule has 3 rings (SSSR count). The molecule has 17 heavy (non-hydrogen) atoms. The first-order chi connectivity index (χ1) is 8.20. The van der Waals surface area contributed by atoms with E-state index < -0.39 is 5.97 Å². The molecule has 0 aromatic heterocycles. The molecular weight excluding hydrogens is 220 g/mol. The van der Waals surface area contributed by atoms with E-state index in [1.807, 2.05) is 0 Å². The average molecular weight is 234 g/mol. The molecule has 1 saturated heterocycles. The second-order valence-corrected chi connectivity index (χ2v) is 4.51. The van der Waals surface area contributed by atoms with Crippen molar-refractivity contribution in [1.29, 1.82) is 0 Å². The van der Waals surface area contributed by atoms with Crippen molar-refractivity contribution in [2.24, 2.45) is 11.8 Å². The van der Waals surface area contributed by atoms with Gasteiger partial charge in [0.2, 0.25) is 5.76 Å². The number of fused-ring (bicyclic) bond motifs is 1. The third-order valence-electron chi connectivity index (χ3n) is 3.54. The van der Waals surface area contributed by atoms with Crippen LogP contribution < -0.4 is 0 Å². The Bertz CT molecular complexity index is 458. The van der Waals surface area contributed by atoms with E-state index in [1.165, 1.54) is 13.2 Å². The number of esters is 1. The van der Waals surface area contributed by atoms with Crippen LogP contribution in [0.15, 0.2) is 35.5 Å². The molecule has 0 N–H and O–H groups in total. The third-order valence-corrected chi connectivity index (χ3v) is 3.54. The zero-order valence-electron chi connectivity index (χ0n) is 9.80. The molecule has 1 fully saturated rings. The van der Waals surface area contributed by atoms with Crippen molar-refractivity contribution in [1.82, 2.24) is 0 Å². The molecule has 90 valence electrons. The number of hydrogen-bond acceptors (Lipinski definition) is 4. The van der Waals surface area contributed by atoms with Crippen molar-refractivity contribution in [2.45, 2.75) is 19.4 Å². The molecule has 3 atom stereocenters. The summed E-state index contributed by atoms with van der Waals surface area (Å²) in [7, 11) is 1.52. The maximum atomic E-state index is 11.3. The lowest BCUT2D eigenvalue weighted by molar-refractivity contribution is -0.132. The fourth-order valence-corrected chi connectivity index (χ4v) is 2.65. The zero-order valence-corrected chi connectivity index (χ0v) is 9.80. The topological polar surface area (TPSA) is 44.8 Å². The van der Waals surface area contributed by atoms with Gasteiger partial charge in [0, 0.05) is 18.3 Å². The molecule has 0 spiro atoms. The van der Waals surface area contributed by atoms with Gasteiger partial charge in [-0.15, -0.1) is 0 Å². The molecule has 1 aliphatic carbocycles. The summed E-state index contributed by atoms with van der Waals surface area (Å²) in [6.07, 6.45) is 6.77. The van der Waals surface area contributed by atoms with E-state index in [1.54, 1.807) is 0 Å². The van der Waals surface area contributed by atoms with Crippen LogP contribution in [0.2, 0.25) is 0 Å². The minimum Gasteiger partial charge on any atom is -0.492 e. The van der Waals surface area contributed by atoms with E-state index in [2.05, 4.69) is 19.1 Å². The van der Waals surface area contributed by atoms with Gasteiger partial charge in [0.15, 0.2) is 5.76 Å². The van der Waals surface area contributed by atoms with Crippen LogP contribution in [0.25, 0.3) is 0 Å². The minimum atomic E-state index is -0.396. The molecular formula is C13H14O4. The van der Waals surface area contributed by atoms with Crippen LogP contribution in [0, 0.1) is 11.8 Å². The van der Waals surface area contributed by atoms with E-state index in [9.17, 15) is 4.79 Å². The molecule has 2 heterocycles. The second-order valence-electron chi connectivity index (χ2n) is 4.51. The number of hydrogen-bond donors (Lipinski definition) is 0. The summed E-state index contributed by atoms with van der Waals surface area (Å²) in [4.78, 5) is 11.3. The molecule has 3 aliphatic rings. The first-order valence-corrected chi connectivity index (χ1v) is 5.76. The maximum absolute atomic E-state index is 11.3. The Labute approximate surface area is 99.5 Å². The van der Waals surface area contributed by atoms with Crippen molar-refractivity contribution in [3.8, 4) is 0 Å². The van der Waals surface area contributed by atoms with Crippen LogP contribution in [0.5, 0.6) is 0 Å². The molecule has 0 saturated carbocycles. The first kappa shape index (κ1) is 10.4. The summed E-state index contributed by atoms with van der Waals surface area (Å²) in [6, 6.07) is 0. The summed E-state index contributed by atoms with van der Waals surface area (Å²) in [5.74, 6) is 1.86. The van der Waals surface area contributed by atoms with Crippen molar-refractivity contribution < 1.29 is 19.0 Å². The molecule has 0 amide bonds. The van der Waals surface area contributed by atoms with Crippen LogP contribution in [0.3, 0.4) is 0 Å². The first-order valence-electron chi connectivity index (χ1n) is 5.76. The Morgan fingerprint density at radius 3 is 3.00 bits per heavy atom. The van der Waals surface area contributed by atoms with Gasteiger partial charge >= 0.3 is 5.97 Å². The summed E-state index contributed by atoms with van der Waals surface area (Å²) in [5, 5.41) is 0. The Kier molecular flexibility index (Phi) is 2.24. The molecule has 0 radical (unpaired) electrons. The van der Waals surface area contributed by atoms with Gasteiger partial charge in [-0.1, -0.05) is 19.1 Å². The molecule has 0 bridgehead atoms. The third kappa shape index (κ3) is 1.47. The van der Waals surface area contributed by atoms with Crippen molar-refractivity contribution in [2.75, 3.05) is 7.11 Å². The molecule has 4 nitrogen and oxygen atoms in total. The predicted molar refractivity (Wildman–Crippen MR) is 59.5 cm³/mol. The molecule has 0 aromatic carbocycles. The molecule has 0 unspecified atom stereocenters. The van der Waals surface area contributed by atoms with Crippen molar-refractivity contribution in [3.05, 3.63) is 35.5 Å². The fraction of sp³-hybridized carbons (Fsp3) is 0.462. The van der Waals surface area contributed by atoms with Gasteiger partial charge in [0.05, 0.1) is 13.2 Å². The number of rotatable bonds is 1. The summed E-state index contributed by atoms with van der Waals surface area (Å²) >= 11 is 0. The summed E-state index contributed by atoms with van der Waals surface area (Å²) < 4.78 is 16.2. The lowest BCUT2D eigenvalue weighted by Gasteiger charge is -2.11. The van der Waals surface area contributed by atoms with Gasteiger partial charge in [0.25, 0.3) is 0 Å². The van der Waals surface area contributed by atoms with E-state index in [0.717, 1.165) is 12.2 Å². The normalized spacial score (nSPS) is 38.8. The maximum Gasteiger partial charge on any atom is 0.340 e. The monoisotopic (exact) mass is 234 g/mol. The lowest BCUT2D eigenvalue weighted by atomic mass is 9.93. The molecule has 0 aromatic rings. The number of allylic oxidation sites excluding steroid dienone is 1. The summed E-state index contributed by atoms with van der Waals surface area (Å²) in [6.45, 7) is 2.09. The Balaban J connectivity index is 1.97. The van der Waals surface area contributed by atoms with Gasteiger partial charge in [-0.3, -0.25) is 0 Å². The quantitative estimate of drug-likeness (QED) is 0.513. The van der Waals surface area contributed by atoms with Gasteiger partial charge in [-0.2, -0.15) is 0 Å². The highest BCUT2D eigenvalue weighted by molar-refractivity contribution is 5.87. The van der Waals surface area contributed by atoms with Crippen molar-refractivity contribution in [3.63, 3.8) is 0 Å². The molecule has 2 aliphatic heterocycles. The van der Waals surface area contributed by atoms with Crippen LogP contribution in [-0.4, -0.2) is 19.2 Å². The smallest absolute Gasteiger partial charge is 0.340 e. The van der Waals surface area contributed by atoms with Crippen LogP contribution in [0.1, 0.15) is 13.3 Å². The average Bonchev–Trinajstić information content (AvgIpc) is 2.95. The predicted octanol–water partition coefficient (Wildman–Crippen LogP) is 1.90. The van der Waals surface area contributed by atoms with E-state index in [0.29, 0.717) is 17.4 Å².